The number of carbonyl (C=O) groups excluding carboxylic acids is 1. The first-order valence-corrected chi connectivity index (χ1v) is 7.50. The minimum atomic E-state index is -0.208. The fourth-order valence-corrected chi connectivity index (χ4v) is 1.75. The highest BCUT2D eigenvalue weighted by atomic mass is 16.4. The Balaban J connectivity index is 1.98. The van der Waals surface area contributed by atoms with Crippen molar-refractivity contribution in [2.45, 2.75) is 40.2 Å². The molecule has 0 fully saturated rings. The zero-order chi connectivity index (χ0) is 16.1. The monoisotopic (exact) mass is 302 g/mol. The molecule has 6 heteroatoms. The summed E-state index contributed by atoms with van der Waals surface area (Å²) < 4.78 is 5.50. The largest absolute Gasteiger partial charge is 0.421 e. The van der Waals surface area contributed by atoms with E-state index in [4.69, 9.17) is 4.42 Å². The molecule has 0 aliphatic carbocycles. The lowest BCUT2D eigenvalue weighted by Gasteiger charge is -2.17. The normalized spacial score (nSPS) is 12.2. The lowest BCUT2D eigenvalue weighted by atomic mass is 10.1. The Bertz CT molecular complexity index is 619. The SMILES string of the molecule is CCc1nnc(-c2ccc(NC(=O)NC(C)C(C)C)cc2)o1. The molecule has 0 saturated heterocycles. The van der Waals surface area contributed by atoms with Crippen molar-refractivity contribution in [3.05, 3.63) is 30.2 Å². The molecule has 0 aliphatic rings. The molecule has 22 heavy (non-hydrogen) atoms. The van der Waals surface area contributed by atoms with Gasteiger partial charge in [-0.3, -0.25) is 0 Å². The van der Waals surface area contributed by atoms with Gasteiger partial charge < -0.3 is 15.1 Å². The third-order valence-electron chi connectivity index (χ3n) is 3.52. The summed E-state index contributed by atoms with van der Waals surface area (Å²) in [5.74, 6) is 1.49. The van der Waals surface area contributed by atoms with Gasteiger partial charge in [0.2, 0.25) is 11.8 Å². The Kier molecular flexibility index (Phi) is 5.14. The van der Waals surface area contributed by atoms with Gasteiger partial charge in [0, 0.05) is 23.7 Å². The predicted molar refractivity (Wildman–Crippen MR) is 85.6 cm³/mol. The number of urea groups is 1. The van der Waals surface area contributed by atoms with Gasteiger partial charge in [-0.1, -0.05) is 20.8 Å². The number of nitrogens with zero attached hydrogens (tertiary/aromatic N) is 2. The number of carbonyl (C=O) groups is 1. The van der Waals surface area contributed by atoms with E-state index in [1.54, 1.807) is 0 Å². The number of rotatable bonds is 5. The van der Waals surface area contributed by atoms with Crippen LogP contribution in [0.5, 0.6) is 0 Å². The summed E-state index contributed by atoms with van der Waals surface area (Å²) in [5.41, 5.74) is 1.54. The Hall–Kier alpha value is -2.37. The van der Waals surface area contributed by atoms with Crippen molar-refractivity contribution in [3.8, 4) is 11.5 Å². The number of anilines is 1. The first kappa shape index (κ1) is 16.0. The highest BCUT2D eigenvalue weighted by molar-refractivity contribution is 5.89. The van der Waals surface area contributed by atoms with E-state index in [2.05, 4.69) is 34.7 Å². The van der Waals surface area contributed by atoms with Gasteiger partial charge in [0.15, 0.2) is 0 Å². The van der Waals surface area contributed by atoms with Crippen LogP contribution >= 0.6 is 0 Å². The molecule has 1 aromatic carbocycles. The number of hydrogen-bond acceptors (Lipinski definition) is 4. The molecule has 0 radical (unpaired) electrons. The van der Waals surface area contributed by atoms with Gasteiger partial charge in [-0.25, -0.2) is 4.79 Å². The minimum Gasteiger partial charge on any atom is -0.421 e. The summed E-state index contributed by atoms with van der Waals surface area (Å²) in [7, 11) is 0. The smallest absolute Gasteiger partial charge is 0.319 e. The third-order valence-corrected chi connectivity index (χ3v) is 3.52. The molecule has 2 rings (SSSR count). The zero-order valence-corrected chi connectivity index (χ0v) is 13.4. The highest BCUT2D eigenvalue weighted by Gasteiger charge is 2.11. The zero-order valence-electron chi connectivity index (χ0n) is 13.4. The van der Waals surface area contributed by atoms with Crippen LogP contribution in [0.3, 0.4) is 0 Å². The maximum Gasteiger partial charge on any atom is 0.319 e. The predicted octanol–water partition coefficient (Wildman–Crippen LogP) is 3.47. The van der Waals surface area contributed by atoms with Crippen molar-refractivity contribution in [2.75, 3.05) is 5.32 Å². The van der Waals surface area contributed by atoms with Crippen molar-refractivity contribution >= 4 is 11.7 Å². The second-order valence-electron chi connectivity index (χ2n) is 5.56. The molecule has 0 spiro atoms. The van der Waals surface area contributed by atoms with Crippen LogP contribution < -0.4 is 10.6 Å². The number of benzene rings is 1. The molecule has 0 saturated carbocycles. The number of hydrogen-bond donors (Lipinski definition) is 2. The summed E-state index contributed by atoms with van der Waals surface area (Å²) in [6.45, 7) is 8.07. The van der Waals surface area contributed by atoms with Gasteiger partial charge in [0.25, 0.3) is 0 Å². The molecule has 2 N–H and O–H groups in total. The second-order valence-corrected chi connectivity index (χ2v) is 5.56. The number of aromatic nitrogens is 2. The molecular formula is C16H22N4O2. The summed E-state index contributed by atoms with van der Waals surface area (Å²) >= 11 is 0. The Morgan fingerprint density at radius 1 is 1.18 bits per heavy atom. The first-order valence-electron chi connectivity index (χ1n) is 7.50. The van der Waals surface area contributed by atoms with E-state index in [1.807, 2.05) is 38.1 Å². The van der Waals surface area contributed by atoms with Crippen LogP contribution in [-0.2, 0) is 6.42 Å². The topological polar surface area (TPSA) is 80.0 Å². The van der Waals surface area contributed by atoms with Gasteiger partial charge >= 0.3 is 6.03 Å². The molecule has 118 valence electrons. The molecule has 2 amide bonds. The average Bonchev–Trinajstić information content (AvgIpc) is 2.96. The first-order chi connectivity index (χ1) is 10.5. The molecule has 0 bridgehead atoms. The van der Waals surface area contributed by atoms with Crippen LogP contribution in [0.15, 0.2) is 28.7 Å². The Morgan fingerprint density at radius 3 is 2.41 bits per heavy atom. The molecular weight excluding hydrogens is 280 g/mol. The van der Waals surface area contributed by atoms with E-state index in [0.29, 0.717) is 29.8 Å². The van der Waals surface area contributed by atoms with E-state index in [1.165, 1.54) is 0 Å². The standard InChI is InChI=1S/C16H22N4O2/c1-5-14-19-20-15(22-14)12-6-8-13(9-7-12)18-16(21)17-11(4)10(2)3/h6-11H,5H2,1-4H3,(H2,17,18,21). The molecule has 1 unspecified atom stereocenters. The minimum absolute atomic E-state index is 0.116. The maximum absolute atomic E-state index is 11.9. The van der Waals surface area contributed by atoms with Crippen molar-refractivity contribution < 1.29 is 9.21 Å². The van der Waals surface area contributed by atoms with E-state index < -0.39 is 0 Å². The van der Waals surface area contributed by atoms with Crippen LogP contribution in [0.4, 0.5) is 10.5 Å². The lowest BCUT2D eigenvalue weighted by molar-refractivity contribution is 0.246. The van der Waals surface area contributed by atoms with Gasteiger partial charge in [-0.05, 0) is 37.1 Å². The molecule has 0 aliphatic heterocycles. The third kappa shape index (κ3) is 4.07. The van der Waals surface area contributed by atoms with E-state index in [9.17, 15) is 4.79 Å². The molecule has 2 aromatic rings. The van der Waals surface area contributed by atoms with Gasteiger partial charge in [-0.15, -0.1) is 10.2 Å². The number of amides is 2. The van der Waals surface area contributed by atoms with Crippen LogP contribution in [0.25, 0.3) is 11.5 Å². The summed E-state index contributed by atoms with van der Waals surface area (Å²) in [6, 6.07) is 7.21. The maximum atomic E-state index is 11.9. The second kappa shape index (κ2) is 7.06. The molecule has 1 aromatic heterocycles. The van der Waals surface area contributed by atoms with Crippen LogP contribution in [0, 0.1) is 5.92 Å². The summed E-state index contributed by atoms with van der Waals surface area (Å²) in [6.07, 6.45) is 0.709. The molecule has 1 heterocycles. The van der Waals surface area contributed by atoms with Crippen molar-refractivity contribution in [1.82, 2.24) is 15.5 Å². The fourth-order valence-electron chi connectivity index (χ4n) is 1.75. The fraction of sp³-hybridized carbons (Fsp3) is 0.438. The number of aryl methyl sites for hydroxylation is 1. The van der Waals surface area contributed by atoms with Crippen molar-refractivity contribution in [1.29, 1.82) is 0 Å². The number of nitrogens with one attached hydrogen (secondary N) is 2. The van der Waals surface area contributed by atoms with Crippen LogP contribution in [-0.4, -0.2) is 22.3 Å². The van der Waals surface area contributed by atoms with Crippen LogP contribution in [0.1, 0.15) is 33.6 Å². The summed E-state index contributed by atoms with van der Waals surface area (Å²) in [5, 5.41) is 13.6. The highest BCUT2D eigenvalue weighted by Crippen LogP contribution is 2.20. The Labute approximate surface area is 130 Å². The Morgan fingerprint density at radius 2 is 1.86 bits per heavy atom. The lowest BCUT2D eigenvalue weighted by Crippen LogP contribution is -2.38. The van der Waals surface area contributed by atoms with Gasteiger partial charge in [0.1, 0.15) is 0 Å². The molecule has 6 nitrogen and oxygen atoms in total. The molecule has 1 atom stereocenters. The van der Waals surface area contributed by atoms with Gasteiger partial charge in [-0.2, -0.15) is 0 Å². The quantitative estimate of drug-likeness (QED) is 0.886. The van der Waals surface area contributed by atoms with E-state index >= 15 is 0 Å². The van der Waals surface area contributed by atoms with Crippen molar-refractivity contribution in [3.63, 3.8) is 0 Å². The summed E-state index contributed by atoms with van der Waals surface area (Å²) in [4.78, 5) is 11.9. The van der Waals surface area contributed by atoms with E-state index in [-0.39, 0.29) is 12.1 Å². The van der Waals surface area contributed by atoms with Crippen molar-refractivity contribution in [2.24, 2.45) is 5.92 Å². The van der Waals surface area contributed by atoms with Crippen LogP contribution in [0.2, 0.25) is 0 Å². The average molecular weight is 302 g/mol. The van der Waals surface area contributed by atoms with Gasteiger partial charge in [0.05, 0.1) is 0 Å². The van der Waals surface area contributed by atoms with E-state index in [0.717, 1.165) is 5.56 Å².